The first-order valence-electron chi connectivity index (χ1n) is 9.62. The number of guanidine groups is 1. The van der Waals surface area contributed by atoms with Gasteiger partial charge in [0.25, 0.3) is 0 Å². The summed E-state index contributed by atoms with van der Waals surface area (Å²) in [6.07, 6.45) is 1.79. The molecule has 1 fully saturated rings. The van der Waals surface area contributed by atoms with Gasteiger partial charge in [0.1, 0.15) is 5.75 Å². The molecule has 30 heavy (non-hydrogen) atoms. The molecular formula is C21H25F3N4O2. The summed E-state index contributed by atoms with van der Waals surface area (Å²) in [5, 5.41) is 0. The molecule has 1 aliphatic heterocycles. The second kappa shape index (κ2) is 11.3. The van der Waals surface area contributed by atoms with Gasteiger partial charge in [-0.3, -0.25) is 4.99 Å². The van der Waals surface area contributed by atoms with Gasteiger partial charge in [-0.2, -0.15) is 0 Å². The number of rotatable bonds is 7. The number of benzene rings is 1. The third kappa shape index (κ3) is 8.21. The molecule has 0 spiro atoms. The van der Waals surface area contributed by atoms with E-state index in [0.29, 0.717) is 30.4 Å². The van der Waals surface area contributed by atoms with E-state index < -0.39 is 6.36 Å². The molecule has 0 aromatic heterocycles. The van der Waals surface area contributed by atoms with Crippen LogP contribution in [0.5, 0.6) is 5.75 Å². The Kier molecular flexibility index (Phi) is 8.80. The Morgan fingerprint density at radius 2 is 1.97 bits per heavy atom. The van der Waals surface area contributed by atoms with Crippen molar-refractivity contribution in [2.75, 3.05) is 26.7 Å². The number of likely N-dealkylation sites (tertiary alicyclic amines) is 1. The van der Waals surface area contributed by atoms with Crippen LogP contribution in [-0.2, 0) is 11.2 Å². The maximum atomic E-state index is 12.2. The molecule has 1 aliphatic rings. The van der Waals surface area contributed by atoms with E-state index in [1.165, 1.54) is 12.1 Å². The lowest BCUT2D eigenvalue weighted by atomic mass is 9.94. The average molecular weight is 422 g/mol. The fourth-order valence-electron chi connectivity index (χ4n) is 3.26. The van der Waals surface area contributed by atoms with Gasteiger partial charge >= 0.3 is 6.36 Å². The second-order valence-electron chi connectivity index (χ2n) is 7.00. The Labute approximate surface area is 173 Å². The van der Waals surface area contributed by atoms with E-state index in [4.69, 9.17) is 0 Å². The Morgan fingerprint density at radius 3 is 2.53 bits per heavy atom. The number of alkyl halides is 3. The third-order valence-electron chi connectivity index (χ3n) is 4.76. The summed E-state index contributed by atoms with van der Waals surface area (Å²) in [6.45, 7) is 6.13. The Bertz CT molecular complexity index is 805. The van der Waals surface area contributed by atoms with Crippen molar-refractivity contribution in [2.45, 2.75) is 32.0 Å². The number of carbonyl (C=O) groups excluding carboxylic acids is 1. The first-order chi connectivity index (χ1) is 14.3. The van der Waals surface area contributed by atoms with Gasteiger partial charge in [0.2, 0.25) is 12.0 Å². The van der Waals surface area contributed by atoms with Crippen LogP contribution in [0.1, 0.15) is 24.8 Å². The standard InChI is InChI=1S/C21H25F3N4O2/c1-16(13-18-3-5-19(6-4-18)30-21(22,23)24)14-27-20(25-2)28-11-8-17(9-12-28)7-10-26-15-29/h3-6,14,17H,1,7-13H2,2H3/b25-20?,27-14-. The first-order valence-corrected chi connectivity index (χ1v) is 9.62. The van der Waals surface area contributed by atoms with Gasteiger partial charge in [0, 0.05) is 26.4 Å². The number of isocyanates is 1. The Morgan fingerprint density at radius 1 is 1.30 bits per heavy atom. The maximum Gasteiger partial charge on any atom is 0.573 e. The van der Waals surface area contributed by atoms with Crippen molar-refractivity contribution in [3.8, 4) is 5.75 Å². The van der Waals surface area contributed by atoms with E-state index in [1.54, 1.807) is 31.5 Å². The van der Waals surface area contributed by atoms with Crippen molar-refractivity contribution in [1.82, 2.24) is 4.90 Å². The lowest BCUT2D eigenvalue weighted by Gasteiger charge is -2.32. The quantitative estimate of drug-likeness (QED) is 0.376. The minimum atomic E-state index is -4.70. The number of halogens is 3. The molecule has 0 radical (unpaired) electrons. The van der Waals surface area contributed by atoms with E-state index in [1.807, 2.05) is 0 Å². The van der Waals surface area contributed by atoms with Crippen LogP contribution in [0.4, 0.5) is 13.2 Å². The van der Waals surface area contributed by atoms with Gasteiger partial charge in [-0.15, -0.1) is 13.2 Å². The summed E-state index contributed by atoms with van der Waals surface area (Å²) in [5.41, 5.74) is 1.51. The van der Waals surface area contributed by atoms with Crippen LogP contribution in [-0.4, -0.2) is 56.2 Å². The molecular weight excluding hydrogens is 397 g/mol. The van der Waals surface area contributed by atoms with Crippen LogP contribution in [0.2, 0.25) is 0 Å². The number of ether oxygens (including phenoxy) is 1. The summed E-state index contributed by atoms with van der Waals surface area (Å²) in [4.78, 5) is 24.5. The zero-order valence-corrected chi connectivity index (χ0v) is 16.9. The van der Waals surface area contributed by atoms with Crippen LogP contribution in [0.3, 0.4) is 0 Å². The fraction of sp³-hybridized carbons (Fsp3) is 0.476. The minimum Gasteiger partial charge on any atom is -0.406 e. The minimum absolute atomic E-state index is 0.257. The van der Waals surface area contributed by atoms with Gasteiger partial charge in [-0.25, -0.2) is 14.8 Å². The molecule has 0 amide bonds. The van der Waals surface area contributed by atoms with Crippen molar-refractivity contribution >= 4 is 18.3 Å². The number of hydrogen-bond acceptors (Lipinski definition) is 4. The highest BCUT2D eigenvalue weighted by atomic mass is 19.4. The molecule has 1 heterocycles. The molecule has 1 aromatic rings. The molecule has 0 bridgehead atoms. The Balaban J connectivity index is 1.83. The number of hydrogen-bond donors (Lipinski definition) is 0. The van der Waals surface area contributed by atoms with Crippen LogP contribution in [0, 0.1) is 5.92 Å². The predicted octanol–water partition coefficient (Wildman–Crippen LogP) is 4.18. The van der Waals surface area contributed by atoms with Gasteiger partial charge < -0.3 is 9.64 Å². The van der Waals surface area contributed by atoms with E-state index in [9.17, 15) is 18.0 Å². The van der Waals surface area contributed by atoms with Crippen molar-refractivity contribution in [3.63, 3.8) is 0 Å². The zero-order valence-electron chi connectivity index (χ0n) is 16.9. The van der Waals surface area contributed by atoms with Gasteiger partial charge in [-0.05, 0) is 54.9 Å². The van der Waals surface area contributed by atoms with Crippen molar-refractivity contribution in [1.29, 1.82) is 0 Å². The molecule has 1 aromatic carbocycles. The molecule has 0 atom stereocenters. The van der Waals surface area contributed by atoms with Crippen LogP contribution >= 0.6 is 0 Å². The van der Waals surface area contributed by atoms with Crippen LogP contribution in [0.25, 0.3) is 0 Å². The number of piperidine rings is 1. The maximum absolute atomic E-state index is 12.2. The number of aliphatic imine (C=N–C) groups is 3. The van der Waals surface area contributed by atoms with E-state index in [0.717, 1.165) is 37.9 Å². The van der Waals surface area contributed by atoms with Crippen LogP contribution < -0.4 is 4.74 Å². The molecule has 0 saturated carbocycles. The molecule has 6 nitrogen and oxygen atoms in total. The summed E-state index contributed by atoms with van der Waals surface area (Å²) < 4.78 is 40.5. The average Bonchev–Trinajstić information content (AvgIpc) is 2.70. The number of nitrogens with zero attached hydrogens (tertiary/aromatic N) is 4. The lowest BCUT2D eigenvalue weighted by Crippen LogP contribution is -2.38. The van der Waals surface area contributed by atoms with E-state index in [2.05, 4.69) is 31.2 Å². The number of allylic oxidation sites excluding steroid dienone is 1. The monoisotopic (exact) mass is 422 g/mol. The summed E-state index contributed by atoms with van der Waals surface area (Å²) >= 11 is 0. The second-order valence-corrected chi connectivity index (χ2v) is 7.00. The molecule has 0 aliphatic carbocycles. The fourth-order valence-corrected chi connectivity index (χ4v) is 3.26. The molecule has 162 valence electrons. The molecule has 0 N–H and O–H groups in total. The highest BCUT2D eigenvalue weighted by molar-refractivity contribution is 5.93. The van der Waals surface area contributed by atoms with Crippen molar-refractivity contribution in [2.24, 2.45) is 20.9 Å². The normalized spacial score (nSPS) is 15.9. The summed E-state index contributed by atoms with van der Waals surface area (Å²) in [7, 11) is 1.68. The third-order valence-corrected chi connectivity index (χ3v) is 4.76. The Hall–Kier alpha value is -2.93. The van der Waals surface area contributed by atoms with Gasteiger partial charge in [-0.1, -0.05) is 18.7 Å². The van der Waals surface area contributed by atoms with Crippen molar-refractivity contribution < 1.29 is 22.7 Å². The summed E-state index contributed by atoms with van der Waals surface area (Å²) in [6, 6.07) is 5.68. The van der Waals surface area contributed by atoms with Gasteiger partial charge in [0.05, 0.1) is 6.54 Å². The summed E-state index contributed by atoms with van der Waals surface area (Å²) in [5.74, 6) is 0.890. The smallest absolute Gasteiger partial charge is 0.406 e. The van der Waals surface area contributed by atoms with Crippen LogP contribution in [0.15, 0.2) is 51.4 Å². The molecule has 2 rings (SSSR count). The highest BCUT2D eigenvalue weighted by Crippen LogP contribution is 2.23. The predicted molar refractivity (Wildman–Crippen MR) is 110 cm³/mol. The van der Waals surface area contributed by atoms with E-state index >= 15 is 0 Å². The molecule has 9 heteroatoms. The lowest BCUT2D eigenvalue weighted by molar-refractivity contribution is -0.274. The zero-order chi connectivity index (χ0) is 22.0. The van der Waals surface area contributed by atoms with Gasteiger partial charge in [0.15, 0.2) is 0 Å². The van der Waals surface area contributed by atoms with E-state index in [-0.39, 0.29) is 5.75 Å². The molecule has 0 unspecified atom stereocenters. The first kappa shape index (κ1) is 23.3. The van der Waals surface area contributed by atoms with Crippen molar-refractivity contribution in [3.05, 3.63) is 42.0 Å². The largest absolute Gasteiger partial charge is 0.573 e. The highest BCUT2D eigenvalue weighted by Gasteiger charge is 2.30. The molecule has 1 saturated heterocycles. The SMILES string of the molecule is C=C(/C=N\C(=NC)N1CCC(CCN=C=O)CC1)Cc1ccc(OC(F)(F)F)cc1. The topological polar surface area (TPSA) is 66.6 Å².